The summed E-state index contributed by atoms with van der Waals surface area (Å²) in [5.74, 6) is 1.04. The van der Waals surface area contributed by atoms with Gasteiger partial charge in [0.05, 0.1) is 22.4 Å². The Hall–Kier alpha value is -2.03. The molecule has 0 fully saturated rings. The van der Waals surface area contributed by atoms with E-state index in [9.17, 15) is 0 Å². The summed E-state index contributed by atoms with van der Waals surface area (Å²) in [6.45, 7) is 0. The van der Waals surface area contributed by atoms with Gasteiger partial charge < -0.3 is 4.57 Å². The number of allylic oxidation sites excluding steroid dienone is 1. The highest BCUT2D eigenvalue weighted by molar-refractivity contribution is 5.82. The van der Waals surface area contributed by atoms with Gasteiger partial charge in [0.2, 0.25) is 5.78 Å². The minimum atomic E-state index is 1.04. The van der Waals surface area contributed by atoms with Crippen LogP contribution < -0.4 is 0 Å². The van der Waals surface area contributed by atoms with Crippen molar-refractivity contribution in [2.75, 3.05) is 0 Å². The molecule has 0 aliphatic heterocycles. The quantitative estimate of drug-likeness (QED) is 0.574. The second kappa shape index (κ2) is 3.00. The third-order valence-corrected chi connectivity index (χ3v) is 3.58. The van der Waals surface area contributed by atoms with Crippen molar-refractivity contribution >= 4 is 22.9 Å². The number of benzene rings is 1. The summed E-state index contributed by atoms with van der Waals surface area (Å²) in [5, 5.41) is 0. The second-order valence-electron chi connectivity index (χ2n) is 4.57. The van der Waals surface area contributed by atoms with Crippen LogP contribution in [-0.2, 0) is 13.5 Å². The summed E-state index contributed by atoms with van der Waals surface area (Å²) in [5.41, 5.74) is 4.95. The number of hydrogen-bond acceptors (Lipinski definition) is 1. The van der Waals surface area contributed by atoms with E-state index >= 15 is 0 Å². The average molecular weight is 223 g/mol. The molecule has 0 unspecified atom stereocenters. The molecule has 2 heterocycles. The number of nitrogens with zero attached hydrogens (tertiary/aromatic N) is 3. The first kappa shape index (κ1) is 9.05. The number of aryl methyl sites for hydroxylation is 2. The van der Waals surface area contributed by atoms with Crippen LogP contribution in [0.3, 0.4) is 0 Å². The number of imidazole rings is 2. The van der Waals surface area contributed by atoms with Gasteiger partial charge in [-0.3, -0.25) is 4.40 Å². The van der Waals surface area contributed by atoms with Gasteiger partial charge in [-0.05, 0) is 31.1 Å². The lowest BCUT2D eigenvalue weighted by molar-refractivity contribution is 0.929. The number of rotatable bonds is 0. The first-order chi connectivity index (χ1) is 8.36. The summed E-state index contributed by atoms with van der Waals surface area (Å²) in [6, 6.07) is 8.46. The first-order valence-corrected chi connectivity index (χ1v) is 5.97. The number of para-hydroxylation sites is 2. The fourth-order valence-corrected chi connectivity index (χ4v) is 2.74. The zero-order valence-corrected chi connectivity index (χ0v) is 9.72. The van der Waals surface area contributed by atoms with E-state index in [1.165, 1.54) is 22.4 Å². The molecule has 0 radical (unpaired) electrons. The van der Waals surface area contributed by atoms with Gasteiger partial charge in [-0.15, -0.1) is 0 Å². The molecule has 3 heteroatoms. The Morgan fingerprint density at radius 2 is 2.00 bits per heavy atom. The van der Waals surface area contributed by atoms with Gasteiger partial charge in [-0.2, -0.15) is 0 Å². The van der Waals surface area contributed by atoms with Crippen molar-refractivity contribution in [3.63, 3.8) is 0 Å². The Bertz CT molecular complexity index is 759. The van der Waals surface area contributed by atoms with Crippen molar-refractivity contribution < 1.29 is 0 Å². The molecule has 0 N–H and O–H groups in total. The number of fused-ring (bicyclic) bond motifs is 5. The van der Waals surface area contributed by atoms with Crippen LogP contribution in [0.4, 0.5) is 0 Å². The van der Waals surface area contributed by atoms with Crippen LogP contribution in [0.15, 0.2) is 30.3 Å². The lowest BCUT2D eigenvalue weighted by atomic mass is 10.1. The molecule has 1 aliphatic carbocycles. The van der Waals surface area contributed by atoms with E-state index in [0.717, 1.165) is 18.6 Å². The molecule has 0 spiro atoms. The summed E-state index contributed by atoms with van der Waals surface area (Å²) in [4.78, 5) is 4.76. The van der Waals surface area contributed by atoms with Gasteiger partial charge in [-0.25, -0.2) is 4.98 Å². The van der Waals surface area contributed by atoms with Gasteiger partial charge in [0.15, 0.2) is 0 Å². The van der Waals surface area contributed by atoms with Crippen LogP contribution in [-0.4, -0.2) is 14.0 Å². The van der Waals surface area contributed by atoms with Crippen LogP contribution in [0.25, 0.3) is 22.9 Å². The number of hydrogen-bond donors (Lipinski definition) is 0. The van der Waals surface area contributed by atoms with Crippen molar-refractivity contribution in [2.24, 2.45) is 7.05 Å². The fraction of sp³-hybridized carbons (Fsp3) is 0.214. The molecule has 0 amide bonds. The SMILES string of the molecule is Cn1c2ccccc2n2c3c(nc12)CCC=C3. The Labute approximate surface area is 99.0 Å². The van der Waals surface area contributed by atoms with Crippen molar-refractivity contribution in [1.82, 2.24) is 14.0 Å². The topological polar surface area (TPSA) is 22.2 Å². The molecule has 0 atom stereocenters. The second-order valence-corrected chi connectivity index (χ2v) is 4.57. The zero-order valence-electron chi connectivity index (χ0n) is 9.72. The fourth-order valence-electron chi connectivity index (χ4n) is 2.74. The third-order valence-electron chi connectivity index (χ3n) is 3.58. The molecule has 0 bridgehead atoms. The maximum Gasteiger partial charge on any atom is 0.215 e. The molecule has 2 aromatic heterocycles. The minimum absolute atomic E-state index is 1.04. The van der Waals surface area contributed by atoms with Crippen molar-refractivity contribution in [3.05, 3.63) is 41.7 Å². The van der Waals surface area contributed by atoms with Crippen LogP contribution in [0.5, 0.6) is 0 Å². The van der Waals surface area contributed by atoms with Gasteiger partial charge >= 0.3 is 0 Å². The zero-order chi connectivity index (χ0) is 11.4. The first-order valence-electron chi connectivity index (χ1n) is 5.97. The van der Waals surface area contributed by atoms with E-state index in [2.05, 4.69) is 52.4 Å². The molecule has 4 rings (SSSR count). The van der Waals surface area contributed by atoms with E-state index in [0.29, 0.717) is 0 Å². The summed E-state index contributed by atoms with van der Waals surface area (Å²) in [6.07, 6.45) is 6.60. The van der Waals surface area contributed by atoms with Gasteiger partial charge in [0.25, 0.3) is 0 Å². The monoisotopic (exact) mass is 223 g/mol. The van der Waals surface area contributed by atoms with E-state index in [1.54, 1.807) is 0 Å². The van der Waals surface area contributed by atoms with E-state index in [-0.39, 0.29) is 0 Å². The molecule has 3 nitrogen and oxygen atoms in total. The summed E-state index contributed by atoms with van der Waals surface area (Å²) < 4.78 is 4.43. The van der Waals surface area contributed by atoms with Gasteiger partial charge in [0, 0.05) is 7.05 Å². The van der Waals surface area contributed by atoms with Crippen molar-refractivity contribution in [2.45, 2.75) is 12.8 Å². The van der Waals surface area contributed by atoms with E-state index in [4.69, 9.17) is 4.98 Å². The highest BCUT2D eigenvalue weighted by Crippen LogP contribution is 2.26. The largest absolute Gasteiger partial charge is 0.313 e. The molecule has 0 saturated carbocycles. The minimum Gasteiger partial charge on any atom is -0.313 e. The normalized spacial score (nSPS) is 14.6. The van der Waals surface area contributed by atoms with Crippen LogP contribution >= 0.6 is 0 Å². The summed E-state index contributed by atoms with van der Waals surface area (Å²) >= 11 is 0. The molecular formula is C14H13N3. The number of aromatic nitrogens is 3. The Morgan fingerprint density at radius 1 is 1.18 bits per heavy atom. The average Bonchev–Trinajstić information content (AvgIpc) is 2.88. The molecule has 17 heavy (non-hydrogen) atoms. The van der Waals surface area contributed by atoms with Crippen LogP contribution in [0, 0.1) is 0 Å². The molecule has 1 aromatic carbocycles. The standard InChI is InChI=1S/C14H13N3/c1-16-12-8-4-5-9-13(12)17-11-7-3-2-6-10(11)15-14(16)17/h3-5,7-9H,2,6H2,1H3. The van der Waals surface area contributed by atoms with Crippen molar-refractivity contribution in [3.8, 4) is 0 Å². The Kier molecular flexibility index (Phi) is 1.60. The van der Waals surface area contributed by atoms with Gasteiger partial charge in [0.1, 0.15) is 0 Å². The Morgan fingerprint density at radius 3 is 2.88 bits per heavy atom. The molecule has 3 aromatic rings. The highest BCUT2D eigenvalue weighted by Gasteiger charge is 2.17. The maximum absolute atomic E-state index is 4.76. The summed E-state index contributed by atoms with van der Waals surface area (Å²) in [7, 11) is 2.08. The lowest BCUT2D eigenvalue weighted by Crippen LogP contribution is -1.94. The lowest BCUT2D eigenvalue weighted by Gasteiger charge is -2.03. The Balaban J connectivity index is 2.28. The van der Waals surface area contributed by atoms with E-state index < -0.39 is 0 Å². The predicted molar refractivity (Wildman–Crippen MR) is 69.0 cm³/mol. The molecule has 0 saturated heterocycles. The van der Waals surface area contributed by atoms with Crippen LogP contribution in [0.1, 0.15) is 17.8 Å². The van der Waals surface area contributed by atoms with Crippen LogP contribution in [0.2, 0.25) is 0 Å². The maximum atomic E-state index is 4.76. The van der Waals surface area contributed by atoms with Crippen molar-refractivity contribution in [1.29, 1.82) is 0 Å². The molecular weight excluding hydrogens is 210 g/mol. The van der Waals surface area contributed by atoms with Gasteiger partial charge in [-0.1, -0.05) is 18.2 Å². The predicted octanol–water partition coefficient (Wildman–Crippen LogP) is 2.79. The molecule has 1 aliphatic rings. The third kappa shape index (κ3) is 1.04. The molecule has 84 valence electrons. The smallest absolute Gasteiger partial charge is 0.215 e. The highest BCUT2D eigenvalue weighted by atomic mass is 15.2. The van der Waals surface area contributed by atoms with E-state index in [1.807, 2.05) is 0 Å².